The number of carbonyl (C=O) groups is 1. The van der Waals surface area contributed by atoms with Gasteiger partial charge in [-0.1, -0.05) is 47.6 Å². The third-order valence-corrected chi connectivity index (χ3v) is 4.93. The minimum absolute atomic E-state index is 0.0354. The van der Waals surface area contributed by atoms with Crippen molar-refractivity contribution < 1.29 is 22.8 Å². The van der Waals surface area contributed by atoms with Gasteiger partial charge in [0, 0.05) is 5.56 Å². The Morgan fingerprint density at radius 1 is 1.08 bits per heavy atom. The standard InChI is InChI=1S/C18H16N2O5S/c1-11(18(21)22)17-15(12-7-9-14(10-8-12)26(19,23)24)16(20-25-17)13-5-3-2-4-6-13/h2-11H,1H3,(H,21,22)(H2,19,23,24). The number of aromatic nitrogens is 1. The van der Waals surface area contributed by atoms with E-state index in [0.717, 1.165) is 5.56 Å². The highest BCUT2D eigenvalue weighted by molar-refractivity contribution is 7.89. The van der Waals surface area contributed by atoms with Crippen LogP contribution >= 0.6 is 0 Å². The Labute approximate surface area is 150 Å². The van der Waals surface area contributed by atoms with Crippen molar-refractivity contribution in [3.8, 4) is 22.4 Å². The Kier molecular flexibility index (Phi) is 4.62. The topological polar surface area (TPSA) is 123 Å². The Bertz CT molecular complexity index is 1040. The molecule has 3 rings (SSSR count). The van der Waals surface area contributed by atoms with E-state index in [1.54, 1.807) is 12.1 Å². The van der Waals surface area contributed by atoms with Gasteiger partial charge >= 0.3 is 5.97 Å². The average molecular weight is 372 g/mol. The highest BCUT2D eigenvalue weighted by Gasteiger charge is 2.27. The summed E-state index contributed by atoms with van der Waals surface area (Å²) in [5.41, 5.74) is 2.33. The lowest BCUT2D eigenvalue weighted by Gasteiger charge is -2.08. The van der Waals surface area contributed by atoms with Gasteiger partial charge in [-0.15, -0.1) is 0 Å². The van der Waals surface area contributed by atoms with Crippen LogP contribution in [0.25, 0.3) is 22.4 Å². The van der Waals surface area contributed by atoms with Gasteiger partial charge in [0.05, 0.1) is 10.5 Å². The third kappa shape index (κ3) is 3.37. The number of nitrogens with zero attached hydrogens (tertiary/aromatic N) is 1. The van der Waals surface area contributed by atoms with Gasteiger partial charge in [0.25, 0.3) is 0 Å². The van der Waals surface area contributed by atoms with Crippen molar-refractivity contribution in [1.82, 2.24) is 5.16 Å². The Morgan fingerprint density at radius 2 is 1.69 bits per heavy atom. The number of rotatable bonds is 5. The normalized spacial score (nSPS) is 12.7. The fraction of sp³-hybridized carbons (Fsp3) is 0.111. The first kappa shape index (κ1) is 17.8. The lowest BCUT2D eigenvalue weighted by atomic mass is 9.94. The summed E-state index contributed by atoms with van der Waals surface area (Å²) in [5, 5.41) is 18.5. The number of benzene rings is 2. The van der Waals surface area contributed by atoms with Gasteiger partial charge in [0.15, 0.2) is 5.76 Å². The minimum Gasteiger partial charge on any atom is -0.481 e. The highest BCUT2D eigenvalue weighted by Crippen LogP contribution is 2.38. The van der Waals surface area contributed by atoms with Crippen molar-refractivity contribution in [2.24, 2.45) is 5.14 Å². The van der Waals surface area contributed by atoms with Crippen LogP contribution in [0.4, 0.5) is 0 Å². The molecular formula is C18H16N2O5S. The number of primary sulfonamides is 1. The van der Waals surface area contributed by atoms with Crippen LogP contribution in [0.15, 0.2) is 64.0 Å². The fourth-order valence-corrected chi connectivity index (χ4v) is 3.11. The number of carboxylic acids is 1. The van der Waals surface area contributed by atoms with Crippen LogP contribution in [0.3, 0.4) is 0 Å². The summed E-state index contributed by atoms with van der Waals surface area (Å²) < 4.78 is 28.3. The summed E-state index contributed by atoms with van der Waals surface area (Å²) >= 11 is 0. The van der Waals surface area contributed by atoms with Crippen LogP contribution in [0.2, 0.25) is 0 Å². The van der Waals surface area contributed by atoms with Crippen molar-refractivity contribution in [2.45, 2.75) is 17.7 Å². The van der Waals surface area contributed by atoms with Crippen LogP contribution in [-0.4, -0.2) is 24.7 Å². The largest absolute Gasteiger partial charge is 0.481 e. The number of aliphatic carboxylic acids is 1. The van der Waals surface area contributed by atoms with Crippen LogP contribution in [0.5, 0.6) is 0 Å². The molecule has 0 aliphatic heterocycles. The van der Waals surface area contributed by atoms with E-state index in [4.69, 9.17) is 9.66 Å². The molecule has 7 nitrogen and oxygen atoms in total. The van der Waals surface area contributed by atoms with E-state index in [2.05, 4.69) is 5.16 Å². The maximum atomic E-state index is 11.5. The van der Waals surface area contributed by atoms with E-state index in [1.165, 1.54) is 19.1 Å². The van der Waals surface area contributed by atoms with Gasteiger partial charge in [-0.25, -0.2) is 13.6 Å². The second-order valence-electron chi connectivity index (χ2n) is 5.77. The summed E-state index contributed by atoms with van der Waals surface area (Å²) in [5.74, 6) is -1.78. The molecule has 0 saturated carbocycles. The third-order valence-electron chi connectivity index (χ3n) is 4.00. The van der Waals surface area contributed by atoms with Gasteiger partial charge < -0.3 is 9.63 Å². The molecule has 0 fully saturated rings. The number of carboxylic acid groups (broad SMARTS) is 1. The van der Waals surface area contributed by atoms with E-state index >= 15 is 0 Å². The van der Waals surface area contributed by atoms with Gasteiger partial charge in [-0.2, -0.15) is 0 Å². The predicted molar refractivity (Wildman–Crippen MR) is 94.8 cm³/mol. The van der Waals surface area contributed by atoms with Crippen LogP contribution in [0, 0.1) is 0 Å². The van der Waals surface area contributed by atoms with Gasteiger partial charge in [0.2, 0.25) is 10.0 Å². The summed E-state index contributed by atoms with van der Waals surface area (Å²) in [6.45, 7) is 1.50. The molecular weight excluding hydrogens is 356 g/mol. The SMILES string of the molecule is CC(C(=O)O)c1onc(-c2ccccc2)c1-c1ccc(S(N)(=O)=O)cc1. The first-order valence-corrected chi connectivity index (χ1v) is 9.24. The highest BCUT2D eigenvalue weighted by atomic mass is 32.2. The quantitative estimate of drug-likeness (QED) is 0.710. The number of hydrogen-bond acceptors (Lipinski definition) is 5. The second kappa shape index (κ2) is 6.74. The van der Waals surface area contributed by atoms with Crippen molar-refractivity contribution in [2.75, 3.05) is 0 Å². The predicted octanol–water partition coefficient (Wildman–Crippen LogP) is 2.84. The Balaban J connectivity index is 2.20. The van der Waals surface area contributed by atoms with E-state index in [-0.39, 0.29) is 10.7 Å². The number of sulfonamides is 1. The molecule has 2 aromatic carbocycles. The molecule has 0 bridgehead atoms. The molecule has 26 heavy (non-hydrogen) atoms. The summed E-state index contributed by atoms with van der Waals surface area (Å²) in [6.07, 6.45) is 0. The maximum absolute atomic E-state index is 11.5. The summed E-state index contributed by atoms with van der Waals surface area (Å²) in [4.78, 5) is 11.4. The first-order chi connectivity index (χ1) is 12.3. The van der Waals surface area contributed by atoms with Crippen molar-refractivity contribution in [3.63, 3.8) is 0 Å². The minimum atomic E-state index is -3.82. The molecule has 1 atom stereocenters. The summed E-state index contributed by atoms with van der Waals surface area (Å²) in [6, 6.07) is 15.0. The van der Waals surface area contributed by atoms with Crippen molar-refractivity contribution in [3.05, 3.63) is 60.4 Å². The second-order valence-corrected chi connectivity index (χ2v) is 7.33. The molecule has 0 amide bonds. The molecule has 0 spiro atoms. The first-order valence-electron chi connectivity index (χ1n) is 7.70. The van der Waals surface area contributed by atoms with Crippen LogP contribution < -0.4 is 5.14 Å². The lowest BCUT2D eigenvalue weighted by molar-refractivity contribution is -0.138. The van der Waals surface area contributed by atoms with E-state index in [9.17, 15) is 18.3 Å². The zero-order valence-corrected chi connectivity index (χ0v) is 14.6. The zero-order chi connectivity index (χ0) is 18.9. The monoisotopic (exact) mass is 372 g/mol. The molecule has 1 heterocycles. The molecule has 8 heteroatoms. The molecule has 134 valence electrons. The lowest BCUT2D eigenvalue weighted by Crippen LogP contribution is -2.11. The molecule has 0 saturated heterocycles. The molecule has 0 aliphatic carbocycles. The van der Waals surface area contributed by atoms with Crippen LogP contribution in [0.1, 0.15) is 18.6 Å². The number of nitrogens with two attached hydrogens (primary N) is 1. The maximum Gasteiger partial charge on any atom is 0.314 e. The van der Waals surface area contributed by atoms with Gasteiger partial charge in [0.1, 0.15) is 11.6 Å². The zero-order valence-electron chi connectivity index (χ0n) is 13.8. The average Bonchev–Trinajstić information content (AvgIpc) is 3.06. The molecule has 0 aliphatic rings. The van der Waals surface area contributed by atoms with Crippen molar-refractivity contribution >= 4 is 16.0 Å². The fourth-order valence-electron chi connectivity index (χ4n) is 2.59. The van der Waals surface area contributed by atoms with Crippen molar-refractivity contribution in [1.29, 1.82) is 0 Å². The van der Waals surface area contributed by atoms with E-state index in [0.29, 0.717) is 16.8 Å². The molecule has 1 aromatic heterocycles. The summed E-state index contributed by atoms with van der Waals surface area (Å²) in [7, 11) is -3.82. The molecule has 1 unspecified atom stereocenters. The van der Waals surface area contributed by atoms with E-state index < -0.39 is 21.9 Å². The molecule has 3 N–H and O–H groups in total. The van der Waals surface area contributed by atoms with E-state index in [1.807, 2.05) is 30.3 Å². The Morgan fingerprint density at radius 3 is 2.23 bits per heavy atom. The van der Waals surface area contributed by atoms with Gasteiger partial charge in [-0.05, 0) is 24.6 Å². The molecule has 3 aromatic rings. The smallest absolute Gasteiger partial charge is 0.314 e. The molecule has 0 radical (unpaired) electrons. The Hall–Kier alpha value is -2.97. The van der Waals surface area contributed by atoms with Crippen LogP contribution in [-0.2, 0) is 14.8 Å². The number of hydrogen-bond donors (Lipinski definition) is 2. The van der Waals surface area contributed by atoms with Gasteiger partial charge in [-0.3, -0.25) is 4.79 Å².